The van der Waals surface area contributed by atoms with E-state index in [4.69, 9.17) is 0 Å². The fourth-order valence-electron chi connectivity index (χ4n) is 2.40. The van der Waals surface area contributed by atoms with Crippen LogP contribution in [0.25, 0.3) is 5.78 Å². The van der Waals surface area contributed by atoms with E-state index in [1.54, 1.807) is 0 Å². The van der Waals surface area contributed by atoms with E-state index in [9.17, 15) is 26.7 Å². The number of aryl methyl sites for hydroxylation is 1. The number of halogens is 5. The van der Waals surface area contributed by atoms with Gasteiger partial charge in [-0.1, -0.05) is 0 Å². The van der Waals surface area contributed by atoms with E-state index < -0.39 is 36.0 Å². The van der Waals surface area contributed by atoms with Gasteiger partial charge in [0.05, 0.1) is 0 Å². The van der Waals surface area contributed by atoms with Gasteiger partial charge in [-0.05, 0) is 37.3 Å². The van der Waals surface area contributed by atoms with Crippen molar-refractivity contribution < 1.29 is 31.5 Å². The van der Waals surface area contributed by atoms with Crippen LogP contribution in [-0.2, 0) is 0 Å². The van der Waals surface area contributed by atoms with E-state index in [0.717, 1.165) is 27.6 Å². The number of anilines is 1. The maximum atomic E-state index is 13.2. The molecule has 0 radical (unpaired) electrons. The number of carbonyl (C=O) groups is 1. The average Bonchev–Trinajstić information content (AvgIpc) is 3.02. The SMILES string of the molecule is Cc1cc(C(F)F)n2nc(C(=O)N(C)c3ccc(OC(F)(F)F)cc3)nc2n1. The molecule has 3 rings (SSSR count). The van der Waals surface area contributed by atoms with Gasteiger partial charge in [0.2, 0.25) is 5.82 Å². The molecule has 1 amide bonds. The second-order valence-electron chi connectivity index (χ2n) is 5.68. The molecule has 148 valence electrons. The molecule has 0 aliphatic heterocycles. The number of rotatable bonds is 4. The van der Waals surface area contributed by atoms with Gasteiger partial charge in [0.25, 0.3) is 18.1 Å². The summed E-state index contributed by atoms with van der Waals surface area (Å²) in [6.07, 6.45) is -7.69. The summed E-state index contributed by atoms with van der Waals surface area (Å²) in [4.78, 5) is 21.4. The molecule has 0 bridgehead atoms. The molecule has 0 aliphatic rings. The first-order valence-corrected chi connectivity index (χ1v) is 7.71. The molecule has 0 unspecified atom stereocenters. The second-order valence-corrected chi connectivity index (χ2v) is 5.68. The number of hydrogen-bond acceptors (Lipinski definition) is 5. The Bertz CT molecular complexity index is 1020. The van der Waals surface area contributed by atoms with Gasteiger partial charge in [-0.3, -0.25) is 4.79 Å². The van der Waals surface area contributed by atoms with E-state index in [2.05, 4.69) is 19.8 Å². The van der Waals surface area contributed by atoms with Crippen molar-refractivity contribution in [2.24, 2.45) is 0 Å². The molecule has 0 fully saturated rings. The van der Waals surface area contributed by atoms with Gasteiger partial charge in [-0.2, -0.15) is 9.50 Å². The van der Waals surface area contributed by atoms with Crippen LogP contribution in [0.15, 0.2) is 30.3 Å². The van der Waals surface area contributed by atoms with Crippen molar-refractivity contribution in [3.63, 3.8) is 0 Å². The lowest BCUT2D eigenvalue weighted by Gasteiger charge is -2.16. The fourth-order valence-corrected chi connectivity index (χ4v) is 2.40. The summed E-state index contributed by atoms with van der Waals surface area (Å²) in [6.45, 7) is 1.50. The molecule has 3 aromatic rings. The minimum atomic E-state index is -4.84. The topological polar surface area (TPSA) is 72.6 Å². The first-order valence-electron chi connectivity index (χ1n) is 7.71. The highest BCUT2D eigenvalue weighted by molar-refractivity contribution is 6.03. The Balaban J connectivity index is 1.88. The van der Waals surface area contributed by atoms with Gasteiger partial charge < -0.3 is 9.64 Å². The minimum absolute atomic E-state index is 0.166. The smallest absolute Gasteiger partial charge is 0.406 e. The first-order chi connectivity index (χ1) is 13.0. The summed E-state index contributed by atoms with van der Waals surface area (Å²) in [7, 11) is 1.33. The van der Waals surface area contributed by atoms with Crippen LogP contribution in [0.3, 0.4) is 0 Å². The Morgan fingerprint density at radius 3 is 2.39 bits per heavy atom. The first kappa shape index (κ1) is 19.5. The number of fused-ring (bicyclic) bond motifs is 1. The second kappa shape index (κ2) is 7.02. The van der Waals surface area contributed by atoms with Crippen molar-refractivity contribution in [1.29, 1.82) is 0 Å². The maximum Gasteiger partial charge on any atom is 0.573 e. The van der Waals surface area contributed by atoms with Crippen LogP contribution in [0, 0.1) is 6.92 Å². The molecule has 0 atom stereocenters. The molecule has 0 N–H and O–H groups in total. The van der Waals surface area contributed by atoms with Crippen molar-refractivity contribution in [2.45, 2.75) is 19.7 Å². The standard InChI is InChI=1S/C16H12F5N5O2/c1-8-7-11(12(17)18)26-15(22-8)23-13(24-26)14(27)25(2)9-3-5-10(6-4-9)28-16(19,20)21/h3-7,12H,1-2H3. The number of amides is 1. The molecule has 12 heteroatoms. The third-order valence-corrected chi connectivity index (χ3v) is 3.64. The third-order valence-electron chi connectivity index (χ3n) is 3.64. The highest BCUT2D eigenvalue weighted by Gasteiger charge is 2.31. The molecule has 1 aromatic carbocycles. The van der Waals surface area contributed by atoms with E-state index in [1.807, 2.05) is 0 Å². The lowest BCUT2D eigenvalue weighted by molar-refractivity contribution is -0.274. The zero-order valence-electron chi connectivity index (χ0n) is 14.4. The molecule has 0 saturated heterocycles. The van der Waals surface area contributed by atoms with Gasteiger partial charge in [0.15, 0.2) is 0 Å². The van der Waals surface area contributed by atoms with Crippen LogP contribution < -0.4 is 9.64 Å². The average molecular weight is 401 g/mol. The molecule has 0 spiro atoms. The van der Waals surface area contributed by atoms with Crippen molar-refractivity contribution in [1.82, 2.24) is 19.6 Å². The van der Waals surface area contributed by atoms with Gasteiger partial charge in [0.1, 0.15) is 11.4 Å². The third kappa shape index (κ3) is 4.00. The van der Waals surface area contributed by atoms with Crippen LogP contribution in [0.2, 0.25) is 0 Å². The Labute approximate surface area is 154 Å². The Hall–Kier alpha value is -3.31. The van der Waals surface area contributed by atoms with Gasteiger partial charge in [-0.15, -0.1) is 18.3 Å². The number of nitrogens with zero attached hydrogens (tertiary/aromatic N) is 5. The summed E-state index contributed by atoms with van der Waals surface area (Å²) >= 11 is 0. The highest BCUT2D eigenvalue weighted by Crippen LogP contribution is 2.25. The number of carbonyl (C=O) groups excluding carboxylic acids is 1. The Kier molecular flexibility index (Phi) is 4.87. The lowest BCUT2D eigenvalue weighted by Crippen LogP contribution is -2.27. The summed E-state index contributed by atoms with van der Waals surface area (Å²) < 4.78 is 67.5. The molecule has 0 saturated carbocycles. The fraction of sp³-hybridized carbons (Fsp3) is 0.250. The quantitative estimate of drug-likeness (QED) is 0.626. The summed E-state index contributed by atoms with van der Waals surface area (Å²) in [5.74, 6) is -1.77. The molecule has 0 aliphatic carbocycles. The lowest BCUT2D eigenvalue weighted by atomic mass is 10.2. The number of alkyl halides is 5. The van der Waals surface area contributed by atoms with Crippen molar-refractivity contribution in [3.05, 3.63) is 47.5 Å². The Morgan fingerprint density at radius 1 is 1.18 bits per heavy atom. The van der Waals surface area contributed by atoms with Crippen molar-refractivity contribution >= 4 is 17.4 Å². The van der Waals surface area contributed by atoms with Crippen LogP contribution in [0.1, 0.15) is 28.4 Å². The van der Waals surface area contributed by atoms with E-state index in [-0.39, 0.29) is 17.2 Å². The van der Waals surface area contributed by atoms with Crippen LogP contribution in [-0.4, -0.2) is 38.9 Å². The number of hydrogen-bond donors (Lipinski definition) is 0. The minimum Gasteiger partial charge on any atom is -0.406 e. The number of benzene rings is 1. The van der Waals surface area contributed by atoms with Gasteiger partial charge in [-0.25, -0.2) is 13.8 Å². The molecular formula is C16H12F5N5O2. The molecule has 28 heavy (non-hydrogen) atoms. The molecule has 7 nitrogen and oxygen atoms in total. The largest absolute Gasteiger partial charge is 0.573 e. The monoisotopic (exact) mass is 401 g/mol. The predicted molar refractivity (Wildman–Crippen MR) is 86.3 cm³/mol. The van der Waals surface area contributed by atoms with Gasteiger partial charge in [0, 0.05) is 18.4 Å². The van der Waals surface area contributed by atoms with Crippen molar-refractivity contribution in [3.8, 4) is 5.75 Å². The number of aromatic nitrogens is 4. The van der Waals surface area contributed by atoms with Crippen LogP contribution in [0.5, 0.6) is 5.75 Å². The van der Waals surface area contributed by atoms with Crippen molar-refractivity contribution in [2.75, 3.05) is 11.9 Å². The zero-order chi connectivity index (χ0) is 20.6. The Morgan fingerprint density at radius 2 is 1.82 bits per heavy atom. The number of ether oxygens (including phenoxy) is 1. The normalized spacial score (nSPS) is 11.9. The maximum absolute atomic E-state index is 13.2. The van der Waals surface area contributed by atoms with E-state index in [1.165, 1.54) is 26.1 Å². The zero-order valence-corrected chi connectivity index (χ0v) is 14.4. The summed E-state index contributed by atoms with van der Waals surface area (Å²) in [6, 6.07) is 5.64. The van der Waals surface area contributed by atoms with E-state index in [0.29, 0.717) is 0 Å². The molecular weight excluding hydrogens is 389 g/mol. The van der Waals surface area contributed by atoms with Gasteiger partial charge >= 0.3 is 6.36 Å². The molecule has 2 aromatic heterocycles. The molecule has 2 heterocycles. The highest BCUT2D eigenvalue weighted by atomic mass is 19.4. The van der Waals surface area contributed by atoms with Crippen LogP contribution >= 0.6 is 0 Å². The summed E-state index contributed by atoms with van der Waals surface area (Å²) in [5, 5.41) is 3.79. The summed E-state index contributed by atoms with van der Waals surface area (Å²) in [5.41, 5.74) is 0.0322. The van der Waals surface area contributed by atoms with Crippen LogP contribution in [0.4, 0.5) is 27.6 Å². The predicted octanol–water partition coefficient (Wildman–Crippen LogP) is 3.55. The van der Waals surface area contributed by atoms with E-state index >= 15 is 0 Å².